The number of benzene rings is 3. The van der Waals surface area contributed by atoms with Crippen molar-refractivity contribution in [1.29, 1.82) is 0 Å². The first-order valence-electron chi connectivity index (χ1n) is 11.3. The normalized spacial score (nSPS) is 11.5. The van der Waals surface area contributed by atoms with Crippen LogP contribution in [0.5, 0.6) is 5.75 Å². The van der Waals surface area contributed by atoms with Gasteiger partial charge in [0.2, 0.25) is 10.0 Å². The first-order chi connectivity index (χ1) is 17.6. The van der Waals surface area contributed by atoms with Crippen molar-refractivity contribution in [2.75, 3.05) is 29.0 Å². The summed E-state index contributed by atoms with van der Waals surface area (Å²) in [6, 6.07) is 19.9. The van der Waals surface area contributed by atoms with E-state index in [2.05, 4.69) is 15.8 Å². The van der Waals surface area contributed by atoms with Crippen LogP contribution in [0.4, 0.5) is 11.4 Å². The molecule has 2 amide bonds. The first kappa shape index (κ1) is 27.7. The van der Waals surface area contributed by atoms with Gasteiger partial charge in [-0.05, 0) is 74.0 Å². The van der Waals surface area contributed by atoms with E-state index in [-0.39, 0.29) is 5.91 Å². The molecule has 37 heavy (non-hydrogen) atoms. The predicted octanol–water partition coefficient (Wildman–Crippen LogP) is 4.30. The maximum absolute atomic E-state index is 12.6. The molecule has 0 unspecified atom stereocenters. The van der Waals surface area contributed by atoms with Crippen LogP contribution in [-0.4, -0.2) is 45.4 Å². The van der Waals surface area contributed by atoms with Crippen LogP contribution in [0.1, 0.15) is 29.8 Å². The number of anilines is 2. The van der Waals surface area contributed by atoms with Gasteiger partial charge in [-0.3, -0.25) is 13.9 Å². The lowest BCUT2D eigenvalue weighted by Crippen LogP contribution is -2.39. The van der Waals surface area contributed by atoms with Gasteiger partial charge in [0.25, 0.3) is 11.8 Å². The number of nitrogens with one attached hydrogen (secondary N) is 2. The molecular weight excluding hydrogens is 516 g/mol. The third kappa shape index (κ3) is 8.06. The lowest BCUT2D eigenvalue weighted by Gasteiger charge is -2.21. The molecule has 0 radical (unpaired) electrons. The van der Waals surface area contributed by atoms with Crippen molar-refractivity contribution in [1.82, 2.24) is 5.43 Å². The molecule has 0 bridgehead atoms. The summed E-state index contributed by atoms with van der Waals surface area (Å²) in [6.45, 7) is 3.54. The zero-order chi connectivity index (χ0) is 27.0. The van der Waals surface area contributed by atoms with Gasteiger partial charge >= 0.3 is 0 Å². The molecule has 0 fully saturated rings. The molecule has 0 aliphatic rings. The van der Waals surface area contributed by atoms with Gasteiger partial charge in [-0.2, -0.15) is 5.10 Å². The number of carbonyl (C=O) groups is 2. The summed E-state index contributed by atoms with van der Waals surface area (Å²) in [5.74, 6) is -0.350. The molecule has 9 nitrogen and oxygen atoms in total. The maximum atomic E-state index is 12.6. The zero-order valence-corrected chi connectivity index (χ0v) is 22.1. The Morgan fingerprint density at radius 2 is 1.68 bits per heavy atom. The summed E-state index contributed by atoms with van der Waals surface area (Å²) in [7, 11) is -3.74. The van der Waals surface area contributed by atoms with E-state index in [1.165, 1.54) is 0 Å². The quantitative estimate of drug-likeness (QED) is 0.292. The minimum Gasteiger partial charge on any atom is -0.494 e. The summed E-state index contributed by atoms with van der Waals surface area (Å²) >= 11 is 5.96. The Hall–Kier alpha value is -3.89. The zero-order valence-electron chi connectivity index (χ0n) is 20.6. The Kier molecular flexibility index (Phi) is 9.26. The van der Waals surface area contributed by atoms with Crippen molar-refractivity contribution >= 4 is 50.5 Å². The first-order valence-corrected chi connectivity index (χ1v) is 13.5. The molecule has 0 aliphatic carbocycles. The molecule has 194 valence electrons. The van der Waals surface area contributed by atoms with Crippen molar-refractivity contribution < 1.29 is 22.7 Å². The highest BCUT2D eigenvalue weighted by molar-refractivity contribution is 7.92. The van der Waals surface area contributed by atoms with Crippen molar-refractivity contribution in [3.05, 3.63) is 88.9 Å². The van der Waals surface area contributed by atoms with Gasteiger partial charge < -0.3 is 10.1 Å². The molecule has 3 aromatic carbocycles. The van der Waals surface area contributed by atoms with Crippen LogP contribution in [0.25, 0.3) is 0 Å². The van der Waals surface area contributed by atoms with Crippen LogP contribution in [0.15, 0.2) is 77.9 Å². The van der Waals surface area contributed by atoms with Gasteiger partial charge in [-0.25, -0.2) is 13.8 Å². The van der Waals surface area contributed by atoms with E-state index in [0.29, 0.717) is 45.6 Å². The molecule has 3 aromatic rings. The highest BCUT2D eigenvalue weighted by Crippen LogP contribution is 2.21. The van der Waals surface area contributed by atoms with Gasteiger partial charge in [-0.1, -0.05) is 29.8 Å². The minimum atomic E-state index is -3.74. The number of amides is 2. The topological polar surface area (TPSA) is 117 Å². The van der Waals surface area contributed by atoms with Crippen molar-refractivity contribution in [3.63, 3.8) is 0 Å². The molecule has 0 heterocycles. The smallest absolute Gasteiger partial charge is 0.260 e. The Bertz CT molecular complexity index is 1410. The minimum absolute atomic E-state index is 0.322. The van der Waals surface area contributed by atoms with Crippen molar-refractivity contribution in [2.45, 2.75) is 13.8 Å². The summed E-state index contributed by atoms with van der Waals surface area (Å²) in [4.78, 5) is 25.1. The van der Waals surface area contributed by atoms with E-state index < -0.39 is 22.5 Å². The highest BCUT2D eigenvalue weighted by Gasteiger charge is 2.21. The van der Waals surface area contributed by atoms with Crippen molar-refractivity contribution in [3.8, 4) is 5.75 Å². The summed E-state index contributed by atoms with van der Waals surface area (Å²) in [6.07, 6.45) is 1.02. The summed E-state index contributed by atoms with van der Waals surface area (Å²) < 4.78 is 31.0. The average molecular weight is 543 g/mol. The maximum Gasteiger partial charge on any atom is 0.260 e. The molecule has 2 N–H and O–H groups in total. The second-order valence-electron chi connectivity index (χ2n) is 7.97. The van der Waals surface area contributed by atoms with E-state index in [1.807, 2.05) is 6.92 Å². The Morgan fingerprint density at radius 1 is 1.00 bits per heavy atom. The van der Waals surface area contributed by atoms with Crippen LogP contribution in [0, 0.1) is 0 Å². The van der Waals surface area contributed by atoms with E-state index in [9.17, 15) is 18.0 Å². The fourth-order valence-electron chi connectivity index (χ4n) is 3.31. The number of carbonyl (C=O) groups excluding carboxylic acids is 2. The Balaban J connectivity index is 1.67. The van der Waals surface area contributed by atoms with E-state index in [1.54, 1.807) is 79.7 Å². The van der Waals surface area contributed by atoms with Gasteiger partial charge in [-0.15, -0.1) is 0 Å². The number of hydrogen-bond donors (Lipinski definition) is 2. The standard InChI is InChI=1S/C26H27ClN4O5S/c1-4-36-24-13-11-23(12-14-24)31(37(3,34)35)17-25(32)30-29-18(2)19-7-6-10-22(16-19)28-26(33)20-8-5-9-21(27)15-20/h5-16H,4,17H2,1-3H3,(H,28,33)(H,30,32)/b29-18+. The van der Waals surface area contributed by atoms with Crippen LogP contribution in [0.3, 0.4) is 0 Å². The monoisotopic (exact) mass is 542 g/mol. The fraction of sp³-hybridized carbons (Fsp3) is 0.192. The van der Waals surface area contributed by atoms with Gasteiger partial charge in [0, 0.05) is 16.3 Å². The number of hydrazone groups is 1. The highest BCUT2D eigenvalue weighted by atomic mass is 35.5. The SMILES string of the molecule is CCOc1ccc(N(CC(=O)N/N=C(\C)c2cccc(NC(=O)c3cccc(Cl)c3)c2)S(C)(=O)=O)cc1. The molecule has 0 aliphatic heterocycles. The molecule has 0 atom stereocenters. The lowest BCUT2D eigenvalue weighted by molar-refractivity contribution is -0.119. The molecule has 0 saturated heterocycles. The number of nitrogens with zero attached hydrogens (tertiary/aromatic N) is 2. The van der Waals surface area contributed by atoms with Crippen LogP contribution in [-0.2, 0) is 14.8 Å². The van der Waals surface area contributed by atoms with Gasteiger partial charge in [0.1, 0.15) is 12.3 Å². The molecule has 3 rings (SSSR count). The van der Waals surface area contributed by atoms with Crippen LogP contribution >= 0.6 is 11.6 Å². The van der Waals surface area contributed by atoms with Crippen LogP contribution in [0.2, 0.25) is 5.02 Å². The lowest BCUT2D eigenvalue weighted by atomic mass is 10.1. The van der Waals surface area contributed by atoms with E-state index in [0.717, 1.165) is 10.6 Å². The van der Waals surface area contributed by atoms with Crippen LogP contribution < -0.4 is 19.8 Å². The van der Waals surface area contributed by atoms with E-state index >= 15 is 0 Å². The Labute approximate surface area is 221 Å². The van der Waals surface area contributed by atoms with Gasteiger partial charge in [0.05, 0.1) is 24.3 Å². The van der Waals surface area contributed by atoms with Gasteiger partial charge in [0.15, 0.2) is 0 Å². The number of rotatable bonds is 10. The van der Waals surface area contributed by atoms with E-state index in [4.69, 9.17) is 16.3 Å². The number of sulfonamides is 1. The summed E-state index contributed by atoms with van der Waals surface area (Å²) in [5.41, 5.74) is 4.77. The average Bonchev–Trinajstić information content (AvgIpc) is 2.86. The second kappa shape index (κ2) is 12.4. The molecular formula is C26H27ClN4O5S. The number of ether oxygens (including phenoxy) is 1. The molecule has 0 spiro atoms. The molecule has 0 aromatic heterocycles. The predicted molar refractivity (Wildman–Crippen MR) is 146 cm³/mol. The number of hydrogen-bond acceptors (Lipinski definition) is 6. The third-order valence-corrected chi connectivity index (χ3v) is 6.47. The molecule has 0 saturated carbocycles. The second-order valence-corrected chi connectivity index (χ2v) is 10.3. The summed E-state index contributed by atoms with van der Waals surface area (Å²) in [5, 5.41) is 7.35. The third-order valence-electron chi connectivity index (χ3n) is 5.10. The largest absolute Gasteiger partial charge is 0.494 e. The number of halogens is 1. The van der Waals surface area contributed by atoms with Crippen molar-refractivity contribution in [2.24, 2.45) is 5.10 Å². The molecule has 11 heteroatoms. The fourth-order valence-corrected chi connectivity index (χ4v) is 4.35. The Morgan fingerprint density at radius 3 is 2.32 bits per heavy atom.